The molecule has 2 aromatic rings. The summed E-state index contributed by atoms with van der Waals surface area (Å²) in [5.41, 5.74) is 3.81. The Bertz CT molecular complexity index is 915. The molecule has 0 aliphatic carbocycles. The van der Waals surface area contributed by atoms with Crippen molar-refractivity contribution in [1.29, 1.82) is 5.26 Å². The third-order valence-electron chi connectivity index (χ3n) is 5.34. The first kappa shape index (κ1) is 17.7. The van der Waals surface area contributed by atoms with Gasteiger partial charge in [0.15, 0.2) is 0 Å². The van der Waals surface area contributed by atoms with Crippen molar-refractivity contribution in [2.75, 3.05) is 24.5 Å². The van der Waals surface area contributed by atoms with Crippen LogP contribution < -0.4 is 4.90 Å². The molecule has 27 heavy (non-hydrogen) atoms. The minimum Gasteiger partial charge on any atom is -0.356 e. The van der Waals surface area contributed by atoms with Crippen LogP contribution in [0.4, 0.5) is 5.82 Å². The fraction of sp³-hybridized carbons (Fsp3) is 0.400. The van der Waals surface area contributed by atoms with Gasteiger partial charge in [0.05, 0.1) is 5.56 Å². The van der Waals surface area contributed by atoms with E-state index in [9.17, 15) is 4.79 Å². The maximum atomic E-state index is 12.7. The zero-order valence-corrected chi connectivity index (χ0v) is 15.9. The molecule has 0 spiro atoms. The summed E-state index contributed by atoms with van der Waals surface area (Å²) in [5, 5.41) is 9.36. The quantitative estimate of drug-likeness (QED) is 0.764. The van der Waals surface area contributed by atoms with Crippen molar-refractivity contribution in [3.8, 4) is 6.07 Å². The lowest BCUT2D eigenvalue weighted by atomic mass is 9.94. The number of pyridine rings is 2. The van der Waals surface area contributed by atoms with Crippen molar-refractivity contribution in [2.24, 2.45) is 5.92 Å². The van der Waals surface area contributed by atoms with Crippen LogP contribution in [0.25, 0.3) is 0 Å². The van der Waals surface area contributed by atoms with Crippen molar-refractivity contribution in [3.63, 3.8) is 0 Å². The molecule has 0 bridgehead atoms. The number of carbonyl (C=O) groups is 1. The maximum Gasteiger partial charge on any atom is 0.223 e. The second-order valence-electron chi connectivity index (χ2n) is 7.24. The topological polar surface area (TPSA) is 73.1 Å². The maximum absolute atomic E-state index is 12.7. The molecule has 0 atom stereocenters. The summed E-state index contributed by atoms with van der Waals surface area (Å²) >= 11 is 6.04. The van der Waals surface area contributed by atoms with Crippen LogP contribution in [-0.2, 0) is 17.8 Å². The van der Waals surface area contributed by atoms with Gasteiger partial charge in [0, 0.05) is 56.8 Å². The average Bonchev–Trinajstić information content (AvgIpc) is 2.64. The SMILES string of the molecule is Cc1cc(Cl)nc2c1CN(C(=O)CC1CN(c3ccc(C#N)cn3)C1)CC2. The minimum absolute atomic E-state index is 0.201. The Kier molecular flexibility index (Phi) is 4.71. The lowest BCUT2D eigenvalue weighted by Crippen LogP contribution is -2.49. The lowest BCUT2D eigenvalue weighted by Gasteiger charge is -2.41. The standard InChI is InChI=1S/C20H20ClN5O/c1-13-6-18(21)24-17-4-5-25(12-16(13)17)20(27)7-15-10-26(11-15)19-3-2-14(8-22)9-23-19/h2-3,6,9,15H,4-5,7,10-12H2,1H3. The molecule has 4 heterocycles. The number of hydrogen-bond donors (Lipinski definition) is 0. The molecule has 0 unspecified atom stereocenters. The Morgan fingerprint density at radius 2 is 2.22 bits per heavy atom. The molecular formula is C20H20ClN5O. The Morgan fingerprint density at radius 3 is 2.93 bits per heavy atom. The first-order valence-corrected chi connectivity index (χ1v) is 9.45. The molecule has 2 aromatic heterocycles. The molecule has 6 nitrogen and oxygen atoms in total. The van der Waals surface area contributed by atoms with E-state index in [1.165, 1.54) is 0 Å². The van der Waals surface area contributed by atoms with Crippen LogP contribution in [0.3, 0.4) is 0 Å². The van der Waals surface area contributed by atoms with Crippen molar-refractivity contribution < 1.29 is 4.79 Å². The van der Waals surface area contributed by atoms with Crippen LogP contribution in [0.2, 0.25) is 5.15 Å². The van der Waals surface area contributed by atoms with Gasteiger partial charge in [-0.3, -0.25) is 4.79 Å². The number of hydrogen-bond acceptors (Lipinski definition) is 5. The average molecular weight is 382 g/mol. The summed E-state index contributed by atoms with van der Waals surface area (Å²) in [6, 6.07) is 7.57. The van der Waals surface area contributed by atoms with Gasteiger partial charge >= 0.3 is 0 Å². The number of amides is 1. The van der Waals surface area contributed by atoms with Gasteiger partial charge in [-0.15, -0.1) is 0 Å². The zero-order chi connectivity index (χ0) is 19.0. The molecule has 0 radical (unpaired) electrons. The predicted molar refractivity (Wildman–Crippen MR) is 102 cm³/mol. The number of anilines is 1. The number of rotatable bonds is 3. The molecule has 138 valence electrons. The lowest BCUT2D eigenvalue weighted by molar-refractivity contribution is -0.133. The van der Waals surface area contributed by atoms with E-state index >= 15 is 0 Å². The molecule has 2 aliphatic rings. The summed E-state index contributed by atoms with van der Waals surface area (Å²) in [5.74, 6) is 1.41. The highest BCUT2D eigenvalue weighted by Crippen LogP contribution is 2.28. The summed E-state index contributed by atoms with van der Waals surface area (Å²) in [6.07, 6.45) is 2.90. The molecule has 0 aromatic carbocycles. The number of aromatic nitrogens is 2. The van der Waals surface area contributed by atoms with Gasteiger partial charge in [0.2, 0.25) is 5.91 Å². The summed E-state index contributed by atoms with van der Waals surface area (Å²) in [6.45, 7) is 5.00. The highest BCUT2D eigenvalue weighted by molar-refractivity contribution is 6.29. The van der Waals surface area contributed by atoms with Gasteiger partial charge in [-0.05, 0) is 36.2 Å². The van der Waals surface area contributed by atoms with E-state index < -0.39 is 0 Å². The van der Waals surface area contributed by atoms with Crippen LogP contribution in [0.1, 0.15) is 28.8 Å². The summed E-state index contributed by atoms with van der Waals surface area (Å²) in [7, 11) is 0. The van der Waals surface area contributed by atoms with E-state index in [0.717, 1.165) is 42.1 Å². The van der Waals surface area contributed by atoms with Gasteiger partial charge in [-0.25, -0.2) is 9.97 Å². The molecule has 2 aliphatic heterocycles. The fourth-order valence-corrected chi connectivity index (χ4v) is 4.04. The van der Waals surface area contributed by atoms with Crippen molar-refractivity contribution in [3.05, 3.63) is 51.9 Å². The zero-order valence-electron chi connectivity index (χ0n) is 15.2. The third-order valence-corrected chi connectivity index (χ3v) is 5.54. The van der Waals surface area contributed by atoms with Crippen LogP contribution in [0, 0.1) is 24.2 Å². The van der Waals surface area contributed by atoms with Gasteiger partial charge in [0.25, 0.3) is 0 Å². The minimum atomic E-state index is 0.201. The number of carbonyl (C=O) groups excluding carboxylic acids is 1. The molecule has 4 rings (SSSR count). The Hall–Kier alpha value is -2.65. The fourth-order valence-electron chi connectivity index (χ4n) is 3.77. The molecule has 1 amide bonds. The number of aryl methyl sites for hydroxylation is 1. The monoisotopic (exact) mass is 381 g/mol. The van der Waals surface area contributed by atoms with Gasteiger partial charge in [0.1, 0.15) is 17.0 Å². The smallest absolute Gasteiger partial charge is 0.223 e. The molecule has 1 fully saturated rings. The van der Waals surface area contributed by atoms with E-state index in [1.54, 1.807) is 12.3 Å². The highest BCUT2D eigenvalue weighted by atomic mass is 35.5. The third kappa shape index (κ3) is 3.60. The molecule has 0 saturated carbocycles. The summed E-state index contributed by atoms with van der Waals surface area (Å²) in [4.78, 5) is 25.5. The Labute approximate surface area is 163 Å². The van der Waals surface area contributed by atoms with E-state index in [0.29, 0.717) is 36.1 Å². The van der Waals surface area contributed by atoms with Gasteiger partial charge in [-0.2, -0.15) is 5.26 Å². The number of halogens is 1. The second-order valence-corrected chi connectivity index (χ2v) is 7.63. The predicted octanol–water partition coefficient (Wildman–Crippen LogP) is 2.72. The van der Waals surface area contributed by atoms with E-state index in [2.05, 4.69) is 20.9 Å². The van der Waals surface area contributed by atoms with Crippen LogP contribution >= 0.6 is 11.6 Å². The highest BCUT2D eigenvalue weighted by Gasteiger charge is 2.32. The van der Waals surface area contributed by atoms with Gasteiger partial charge in [-0.1, -0.05) is 11.6 Å². The Balaban J connectivity index is 1.32. The van der Waals surface area contributed by atoms with Crippen molar-refractivity contribution in [2.45, 2.75) is 26.3 Å². The van der Waals surface area contributed by atoms with Crippen molar-refractivity contribution >= 4 is 23.3 Å². The molecule has 7 heteroatoms. The van der Waals surface area contributed by atoms with Crippen molar-refractivity contribution in [1.82, 2.24) is 14.9 Å². The number of nitriles is 1. The summed E-state index contributed by atoms with van der Waals surface area (Å²) < 4.78 is 0. The molecule has 1 saturated heterocycles. The van der Waals surface area contributed by atoms with Crippen LogP contribution in [0.15, 0.2) is 24.4 Å². The largest absolute Gasteiger partial charge is 0.356 e. The van der Waals surface area contributed by atoms with E-state index in [1.807, 2.05) is 24.0 Å². The number of nitrogens with zero attached hydrogens (tertiary/aromatic N) is 5. The number of fused-ring (bicyclic) bond motifs is 1. The Morgan fingerprint density at radius 1 is 1.41 bits per heavy atom. The normalized spacial score (nSPS) is 16.5. The second kappa shape index (κ2) is 7.16. The first-order valence-electron chi connectivity index (χ1n) is 9.07. The molecule has 0 N–H and O–H groups in total. The first-order chi connectivity index (χ1) is 13.0. The van der Waals surface area contributed by atoms with E-state index in [4.69, 9.17) is 16.9 Å². The van der Waals surface area contributed by atoms with Crippen LogP contribution in [-0.4, -0.2) is 40.4 Å². The van der Waals surface area contributed by atoms with Gasteiger partial charge < -0.3 is 9.80 Å². The molecular weight excluding hydrogens is 362 g/mol. The van der Waals surface area contributed by atoms with E-state index in [-0.39, 0.29) is 5.91 Å². The van der Waals surface area contributed by atoms with Crippen LogP contribution in [0.5, 0.6) is 0 Å².